The van der Waals surface area contributed by atoms with Crippen molar-refractivity contribution in [2.75, 3.05) is 0 Å². The van der Waals surface area contributed by atoms with Crippen molar-refractivity contribution in [3.63, 3.8) is 0 Å². The van der Waals surface area contributed by atoms with E-state index in [-0.39, 0.29) is 16.2 Å². The second kappa shape index (κ2) is 9.79. The fraction of sp³-hybridized carbons (Fsp3) is 0.419. The van der Waals surface area contributed by atoms with Crippen LogP contribution in [0.2, 0.25) is 36.3 Å². The number of fused-ring (bicyclic) bond motifs is 1. The SMILES string of the molecule is CC(C)(C)[Si](C)(C)Oc1ccc(C2=Cc3ccc(O[Si](C)(C)C(C)(C)C)cc3OC2c2cccs2)cc1. The molecule has 0 bridgehead atoms. The molecule has 4 rings (SSSR count). The van der Waals surface area contributed by atoms with E-state index in [1.165, 1.54) is 4.88 Å². The van der Waals surface area contributed by atoms with E-state index in [0.29, 0.717) is 0 Å². The van der Waals surface area contributed by atoms with Gasteiger partial charge in [-0.25, -0.2) is 0 Å². The minimum atomic E-state index is -1.94. The predicted molar refractivity (Wildman–Crippen MR) is 164 cm³/mol. The standard InChI is InChI=1S/C31H42O3SSi2/c1-30(2,3)36(7,8)33-24-16-13-22(14-17-24)26-20-23-15-18-25(34-37(9,10)31(4,5)6)21-27(23)32-29(26)28-12-11-19-35-28/h11-21,29H,1-10H3. The summed E-state index contributed by atoms with van der Waals surface area (Å²) in [6.07, 6.45) is 2.10. The van der Waals surface area contributed by atoms with Crippen LogP contribution in [-0.2, 0) is 0 Å². The smallest absolute Gasteiger partial charge is 0.250 e. The molecule has 0 saturated carbocycles. The molecule has 1 unspecified atom stereocenters. The first-order chi connectivity index (χ1) is 17.1. The molecule has 1 aliphatic heterocycles. The lowest BCUT2D eigenvalue weighted by Crippen LogP contribution is -2.43. The van der Waals surface area contributed by atoms with Gasteiger partial charge in [0, 0.05) is 22.1 Å². The van der Waals surface area contributed by atoms with Gasteiger partial charge in [-0.05, 0) is 83.6 Å². The summed E-state index contributed by atoms with van der Waals surface area (Å²) in [5.74, 6) is 2.70. The van der Waals surface area contributed by atoms with Gasteiger partial charge in [0.25, 0.3) is 0 Å². The van der Waals surface area contributed by atoms with Gasteiger partial charge in [-0.2, -0.15) is 0 Å². The molecule has 0 N–H and O–H groups in total. The molecule has 1 atom stereocenters. The van der Waals surface area contributed by atoms with E-state index in [0.717, 1.165) is 33.9 Å². The zero-order valence-corrected chi connectivity index (χ0v) is 26.9. The minimum absolute atomic E-state index is 0.136. The minimum Gasteiger partial charge on any atom is -0.544 e. The molecule has 0 saturated heterocycles. The summed E-state index contributed by atoms with van der Waals surface area (Å²) in [6.45, 7) is 22.7. The average molecular weight is 551 g/mol. The summed E-state index contributed by atoms with van der Waals surface area (Å²) in [4.78, 5) is 1.19. The molecule has 1 aromatic heterocycles. The third-order valence-electron chi connectivity index (χ3n) is 8.17. The summed E-state index contributed by atoms with van der Waals surface area (Å²) in [6, 6.07) is 19.1. The maximum Gasteiger partial charge on any atom is 0.250 e. The molecular weight excluding hydrogens is 509 g/mol. The average Bonchev–Trinajstić information content (AvgIpc) is 3.31. The number of benzene rings is 2. The van der Waals surface area contributed by atoms with Gasteiger partial charge in [-0.15, -0.1) is 11.3 Å². The van der Waals surface area contributed by atoms with Gasteiger partial charge < -0.3 is 13.6 Å². The Morgan fingerprint density at radius 1 is 0.757 bits per heavy atom. The van der Waals surface area contributed by atoms with Crippen LogP contribution in [0.5, 0.6) is 17.2 Å². The highest BCUT2D eigenvalue weighted by molar-refractivity contribution is 7.10. The van der Waals surface area contributed by atoms with Crippen LogP contribution in [0.25, 0.3) is 11.6 Å². The van der Waals surface area contributed by atoms with Crippen molar-refractivity contribution < 1.29 is 13.6 Å². The predicted octanol–water partition coefficient (Wildman–Crippen LogP) is 10.2. The molecule has 0 amide bonds. The maximum absolute atomic E-state index is 6.69. The molecular formula is C31H42O3SSi2. The van der Waals surface area contributed by atoms with Crippen molar-refractivity contribution in [3.05, 3.63) is 76.0 Å². The second-order valence-corrected chi connectivity index (χ2v) is 23.5. The van der Waals surface area contributed by atoms with Crippen LogP contribution in [0, 0.1) is 0 Å². The zero-order valence-electron chi connectivity index (χ0n) is 24.1. The first-order valence-corrected chi connectivity index (χ1v) is 19.8. The van der Waals surface area contributed by atoms with Gasteiger partial charge in [0.15, 0.2) is 6.10 Å². The second-order valence-electron chi connectivity index (χ2n) is 13.1. The van der Waals surface area contributed by atoms with E-state index in [1.54, 1.807) is 11.3 Å². The van der Waals surface area contributed by atoms with Crippen molar-refractivity contribution in [2.45, 2.75) is 83.9 Å². The molecule has 3 aromatic rings. The third kappa shape index (κ3) is 5.91. The lowest BCUT2D eigenvalue weighted by molar-refractivity contribution is 0.264. The Hall–Kier alpha value is -2.29. The van der Waals surface area contributed by atoms with E-state index in [4.69, 9.17) is 13.6 Å². The molecule has 6 heteroatoms. The summed E-state index contributed by atoms with van der Waals surface area (Å²) in [5, 5.41) is 2.41. The Balaban J connectivity index is 1.67. The van der Waals surface area contributed by atoms with Crippen LogP contribution < -0.4 is 13.6 Å². The van der Waals surface area contributed by atoms with Gasteiger partial charge in [0.2, 0.25) is 16.6 Å². The van der Waals surface area contributed by atoms with Crippen molar-refractivity contribution in [1.29, 1.82) is 0 Å². The molecule has 3 nitrogen and oxygen atoms in total. The molecule has 0 fully saturated rings. The highest BCUT2D eigenvalue weighted by Gasteiger charge is 2.40. The monoisotopic (exact) mass is 550 g/mol. The van der Waals surface area contributed by atoms with Crippen LogP contribution in [0.1, 0.15) is 63.7 Å². The van der Waals surface area contributed by atoms with Gasteiger partial charge >= 0.3 is 0 Å². The van der Waals surface area contributed by atoms with E-state index < -0.39 is 16.6 Å². The topological polar surface area (TPSA) is 27.7 Å². The van der Waals surface area contributed by atoms with Crippen LogP contribution >= 0.6 is 11.3 Å². The summed E-state index contributed by atoms with van der Waals surface area (Å²) in [5.41, 5.74) is 3.38. The van der Waals surface area contributed by atoms with Gasteiger partial charge in [0.05, 0.1) is 0 Å². The highest BCUT2D eigenvalue weighted by atomic mass is 32.1. The van der Waals surface area contributed by atoms with Crippen molar-refractivity contribution in [3.8, 4) is 17.2 Å². The van der Waals surface area contributed by atoms with Crippen molar-refractivity contribution >= 4 is 39.6 Å². The highest BCUT2D eigenvalue weighted by Crippen LogP contribution is 2.46. The Labute approximate surface area is 229 Å². The lowest BCUT2D eigenvalue weighted by atomic mass is 9.94. The molecule has 1 aliphatic rings. The van der Waals surface area contributed by atoms with Crippen LogP contribution in [0.4, 0.5) is 0 Å². The molecule has 0 spiro atoms. The molecule has 0 radical (unpaired) electrons. The first kappa shape index (κ1) is 27.7. The maximum atomic E-state index is 6.69. The van der Waals surface area contributed by atoms with Gasteiger partial charge in [-0.1, -0.05) is 59.7 Å². The number of thiophene rings is 1. The Morgan fingerprint density at radius 2 is 1.32 bits per heavy atom. The molecule has 2 aromatic carbocycles. The van der Waals surface area contributed by atoms with Crippen LogP contribution in [0.15, 0.2) is 60.0 Å². The van der Waals surface area contributed by atoms with Crippen LogP contribution in [0.3, 0.4) is 0 Å². The van der Waals surface area contributed by atoms with Crippen LogP contribution in [-0.4, -0.2) is 16.6 Å². The fourth-order valence-corrected chi connectivity index (χ4v) is 6.55. The van der Waals surface area contributed by atoms with E-state index in [9.17, 15) is 0 Å². The van der Waals surface area contributed by atoms with Crippen molar-refractivity contribution in [2.24, 2.45) is 0 Å². The number of hydrogen-bond donors (Lipinski definition) is 0. The summed E-state index contributed by atoms with van der Waals surface area (Å²) < 4.78 is 19.8. The Kier molecular flexibility index (Phi) is 7.34. The lowest BCUT2D eigenvalue weighted by Gasteiger charge is -2.37. The quantitative estimate of drug-likeness (QED) is 0.286. The Morgan fingerprint density at radius 3 is 1.86 bits per heavy atom. The number of rotatable bonds is 6. The van der Waals surface area contributed by atoms with Gasteiger partial charge in [-0.3, -0.25) is 0 Å². The fourth-order valence-electron chi connectivity index (χ4n) is 3.73. The van der Waals surface area contributed by atoms with E-state index >= 15 is 0 Å². The first-order valence-electron chi connectivity index (χ1n) is 13.1. The largest absolute Gasteiger partial charge is 0.544 e. The summed E-state index contributed by atoms with van der Waals surface area (Å²) >= 11 is 1.72. The van der Waals surface area contributed by atoms with Gasteiger partial charge in [0.1, 0.15) is 17.2 Å². The third-order valence-corrected chi connectivity index (χ3v) is 17.8. The number of hydrogen-bond acceptors (Lipinski definition) is 4. The molecule has 198 valence electrons. The molecule has 2 heterocycles. The zero-order chi connectivity index (χ0) is 27.2. The Bertz CT molecular complexity index is 1260. The number of ether oxygens (including phenoxy) is 1. The molecule has 0 aliphatic carbocycles. The summed E-state index contributed by atoms with van der Waals surface area (Å²) in [7, 11) is -3.83. The van der Waals surface area contributed by atoms with E-state index in [1.807, 2.05) is 0 Å². The normalized spacial score (nSPS) is 16.5. The van der Waals surface area contributed by atoms with E-state index in [2.05, 4.69) is 134 Å². The van der Waals surface area contributed by atoms with Crippen molar-refractivity contribution in [1.82, 2.24) is 0 Å². The molecule has 37 heavy (non-hydrogen) atoms.